The maximum atomic E-state index is 12.7. The fourth-order valence-electron chi connectivity index (χ4n) is 4.27. The van der Waals surface area contributed by atoms with Gasteiger partial charge in [-0.2, -0.15) is 0 Å². The van der Waals surface area contributed by atoms with Crippen molar-refractivity contribution in [1.82, 2.24) is 14.5 Å². The normalized spacial score (nSPS) is 14.6. The molecule has 1 N–H and O–H groups in total. The number of hydrogen-bond acceptors (Lipinski definition) is 4. The van der Waals surface area contributed by atoms with Crippen molar-refractivity contribution in [2.45, 2.75) is 6.92 Å². The van der Waals surface area contributed by atoms with Crippen LogP contribution in [-0.2, 0) is 4.79 Å². The SMILES string of the molecule is Cc1ccc(-n2ccnc2N2CCN(CC(=O)Nc3cccc4ccccc34)CC2)cc1. The van der Waals surface area contributed by atoms with Gasteiger partial charge >= 0.3 is 0 Å². The van der Waals surface area contributed by atoms with Crippen LogP contribution in [0.4, 0.5) is 11.6 Å². The van der Waals surface area contributed by atoms with Gasteiger partial charge in [0.25, 0.3) is 0 Å². The Kier molecular flexibility index (Phi) is 5.60. The van der Waals surface area contributed by atoms with E-state index in [0.717, 1.165) is 54.3 Å². The van der Waals surface area contributed by atoms with E-state index in [0.29, 0.717) is 6.54 Å². The molecule has 0 radical (unpaired) electrons. The first-order chi connectivity index (χ1) is 15.7. The average molecular weight is 426 g/mol. The number of amides is 1. The molecule has 0 spiro atoms. The predicted octanol–water partition coefficient (Wildman–Crippen LogP) is 4.09. The molecule has 1 aliphatic heterocycles. The summed E-state index contributed by atoms with van der Waals surface area (Å²) in [6.45, 7) is 5.81. The third-order valence-corrected chi connectivity index (χ3v) is 6.02. The van der Waals surface area contributed by atoms with Gasteiger partial charge in [-0.05, 0) is 30.5 Å². The number of benzene rings is 3. The summed E-state index contributed by atoms with van der Waals surface area (Å²) >= 11 is 0. The first-order valence-corrected chi connectivity index (χ1v) is 11.0. The lowest BCUT2D eigenvalue weighted by atomic mass is 10.1. The third kappa shape index (κ3) is 4.22. The smallest absolute Gasteiger partial charge is 0.238 e. The molecule has 2 heterocycles. The Morgan fingerprint density at radius 2 is 1.69 bits per heavy atom. The summed E-state index contributed by atoms with van der Waals surface area (Å²) in [6.07, 6.45) is 3.85. The van der Waals surface area contributed by atoms with Crippen LogP contribution < -0.4 is 10.2 Å². The summed E-state index contributed by atoms with van der Waals surface area (Å²) in [5.74, 6) is 0.977. The quantitative estimate of drug-likeness (QED) is 0.523. The number of aromatic nitrogens is 2. The molecule has 4 aromatic rings. The maximum absolute atomic E-state index is 12.7. The van der Waals surface area contributed by atoms with E-state index in [1.807, 2.05) is 42.7 Å². The van der Waals surface area contributed by atoms with Crippen LogP contribution in [0.15, 0.2) is 79.1 Å². The van der Waals surface area contributed by atoms with Crippen molar-refractivity contribution in [2.75, 3.05) is 42.9 Å². The lowest BCUT2D eigenvalue weighted by Gasteiger charge is -2.35. The number of nitrogens with zero attached hydrogens (tertiary/aromatic N) is 4. The van der Waals surface area contributed by atoms with E-state index < -0.39 is 0 Å². The highest BCUT2D eigenvalue weighted by molar-refractivity contribution is 6.02. The fourth-order valence-corrected chi connectivity index (χ4v) is 4.27. The molecule has 6 nitrogen and oxygen atoms in total. The van der Waals surface area contributed by atoms with Gasteiger partial charge in [-0.1, -0.05) is 54.1 Å². The number of nitrogens with one attached hydrogen (secondary N) is 1. The topological polar surface area (TPSA) is 53.4 Å². The first kappa shape index (κ1) is 20.3. The number of rotatable bonds is 5. The summed E-state index contributed by atoms with van der Waals surface area (Å²) in [6, 6.07) is 22.6. The molecule has 32 heavy (non-hydrogen) atoms. The highest BCUT2D eigenvalue weighted by atomic mass is 16.2. The summed E-state index contributed by atoms with van der Waals surface area (Å²) in [4.78, 5) is 21.8. The van der Waals surface area contributed by atoms with Crippen molar-refractivity contribution in [2.24, 2.45) is 0 Å². The van der Waals surface area contributed by atoms with Crippen molar-refractivity contribution in [3.05, 3.63) is 84.7 Å². The van der Waals surface area contributed by atoms with Crippen LogP contribution in [0.3, 0.4) is 0 Å². The fraction of sp³-hybridized carbons (Fsp3) is 0.231. The number of carbonyl (C=O) groups excluding carboxylic acids is 1. The van der Waals surface area contributed by atoms with E-state index in [2.05, 4.69) is 68.0 Å². The van der Waals surface area contributed by atoms with Crippen LogP contribution in [0.5, 0.6) is 0 Å². The average Bonchev–Trinajstić information content (AvgIpc) is 3.30. The van der Waals surface area contributed by atoms with Gasteiger partial charge in [0.2, 0.25) is 11.9 Å². The van der Waals surface area contributed by atoms with Gasteiger partial charge in [-0.25, -0.2) is 4.98 Å². The van der Waals surface area contributed by atoms with Gasteiger partial charge in [-0.15, -0.1) is 0 Å². The number of piperazine rings is 1. The Labute approximate surface area is 188 Å². The standard InChI is InChI=1S/C26H27N5O/c1-20-9-11-22(12-10-20)31-14-13-27-26(31)30-17-15-29(16-18-30)19-25(32)28-24-8-4-6-21-5-2-3-7-23(21)24/h2-14H,15-19H2,1H3,(H,28,32). The van der Waals surface area contributed by atoms with Crippen molar-refractivity contribution >= 4 is 28.3 Å². The number of hydrogen-bond donors (Lipinski definition) is 1. The zero-order valence-corrected chi connectivity index (χ0v) is 18.2. The molecule has 162 valence electrons. The largest absolute Gasteiger partial charge is 0.339 e. The van der Waals surface area contributed by atoms with Gasteiger partial charge in [-0.3, -0.25) is 14.3 Å². The number of carbonyl (C=O) groups is 1. The highest BCUT2D eigenvalue weighted by Gasteiger charge is 2.22. The second-order valence-corrected chi connectivity index (χ2v) is 8.27. The number of aryl methyl sites for hydroxylation is 1. The van der Waals surface area contributed by atoms with Crippen molar-refractivity contribution < 1.29 is 4.79 Å². The minimum absolute atomic E-state index is 0.0240. The van der Waals surface area contributed by atoms with E-state index in [4.69, 9.17) is 0 Å². The molecule has 1 aromatic heterocycles. The van der Waals surface area contributed by atoms with Crippen LogP contribution in [0, 0.1) is 6.92 Å². The summed E-state index contributed by atoms with van der Waals surface area (Å²) in [5, 5.41) is 5.29. The van der Waals surface area contributed by atoms with Crippen molar-refractivity contribution in [1.29, 1.82) is 0 Å². The third-order valence-electron chi connectivity index (χ3n) is 6.02. The molecule has 1 aliphatic rings. The Morgan fingerprint density at radius 1 is 0.938 bits per heavy atom. The molecule has 0 aliphatic carbocycles. The molecule has 5 rings (SSSR count). The molecule has 0 atom stereocenters. The Morgan fingerprint density at radius 3 is 2.50 bits per heavy atom. The Bertz CT molecular complexity index is 1220. The van der Waals surface area contributed by atoms with E-state index in [1.165, 1.54) is 5.56 Å². The summed E-state index contributed by atoms with van der Waals surface area (Å²) < 4.78 is 2.13. The van der Waals surface area contributed by atoms with Gasteiger partial charge < -0.3 is 10.2 Å². The van der Waals surface area contributed by atoms with Crippen LogP contribution in [0.2, 0.25) is 0 Å². The van der Waals surface area contributed by atoms with Crippen molar-refractivity contribution in [3.63, 3.8) is 0 Å². The van der Waals surface area contributed by atoms with E-state index in [9.17, 15) is 4.79 Å². The molecular weight excluding hydrogens is 398 g/mol. The lowest BCUT2D eigenvalue weighted by molar-refractivity contribution is -0.117. The van der Waals surface area contributed by atoms with Crippen LogP contribution >= 0.6 is 0 Å². The molecule has 1 amide bonds. The van der Waals surface area contributed by atoms with Gasteiger partial charge in [0, 0.05) is 55.3 Å². The van der Waals surface area contributed by atoms with Crippen LogP contribution in [0.1, 0.15) is 5.56 Å². The number of anilines is 2. The number of imidazole rings is 1. The Hall–Kier alpha value is -3.64. The zero-order chi connectivity index (χ0) is 21.9. The lowest BCUT2D eigenvalue weighted by Crippen LogP contribution is -2.49. The maximum Gasteiger partial charge on any atom is 0.238 e. The minimum atomic E-state index is 0.0240. The molecule has 0 unspecified atom stereocenters. The van der Waals surface area contributed by atoms with Crippen LogP contribution in [0.25, 0.3) is 16.5 Å². The van der Waals surface area contributed by atoms with Gasteiger partial charge in [0.05, 0.1) is 6.54 Å². The monoisotopic (exact) mass is 425 g/mol. The van der Waals surface area contributed by atoms with E-state index in [1.54, 1.807) is 0 Å². The zero-order valence-electron chi connectivity index (χ0n) is 18.2. The molecule has 1 fully saturated rings. The van der Waals surface area contributed by atoms with Gasteiger partial charge in [0.15, 0.2) is 0 Å². The minimum Gasteiger partial charge on any atom is -0.339 e. The first-order valence-electron chi connectivity index (χ1n) is 11.0. The van der Waals surface area contributed by atoms with Gasteiger partial charge in [0.1, 0.15) is 0 Å². The van der Waals surface area contributed by atoms with Crippen molar-refractivity contribution in [3.8, 4) is 5.69 Å². The molecule has 6 heteroatoms. The molecule has 0 bridgehead atoms. The second kappa shape index (κ2) is 8.85. The second-order valence-electron chi connectivity index (χ2n) is 8.27. The molecule has 1 saturated heterocycles. The predicted molar refractivity (Wildman–Crippen MR) is 130 cm³/mol. The summed E-state index contributed by atoms with van der Waals surface area (Å²) in [5.41, 5.74) is 3.22. The molecular formula is C26H27N5O. The number of fused-ring (bicyclic) bond motifs is 1. The molecule has 3 aromatic carbocycles. The highest BCUT2D eigenvalue weighted by Crippen LogP contribution is 2.23. The van der Waals surface area contributed by atoms with E-state index in [-0.39, 0.29) is 5.91 Å². The Balaban J connectivity index is 1.20. The van der Waals surface area contributed by atoms with E-state index >= 15 is 0 Å². The molecule has 0 saturated carbocycles. The summed E-state index contributed by atoms with van der Waals surface area (Å²) in [7, 11) is 0. The van der Waals surface area contributed by atoms with Crippen LogP contribution in [-0.4, -0.2) is 53.1 Å².